The SMILES string of the molecule is N[C@H](CO)c1ccc(I)o1. The number of aliphatic hydroxyl groups excluding tert-OH is 1. The van der Waals surface area contributed by atoms with Gasteiger partial charge in [-0.3, -0.25) is 0 Å². The van der Waals surface area contributed by atoms with Crippen LogP contribution in [0.2, 0.25) is 0 Å². The van der Waals surface area contributed by atoms with Crippen LogP contribution in [0.5, 0.6) is 0 Å². The number of nitrogens with two attached hydrogens (primary N) is 1. The summed E-state index contributed by atoms with van der Waals surface area (Å²) in [7, 11) is 0. The minimum absolute atomic E-state index is 0.0798. The summed E-state index contributed by atoms with van der Waals surface area (Å²) in [5.41, 5.74) is 5.46. The van der Waals surface area contributed by atoms with Crippen molar-refractivity contribution in [2.45, 2.75) is 6.04 Å². The van der Waals surface area contributed by atoms with Gasteiger partial charge in [-0.2, -0.15) is 0 Å². The average Bonchev–Trinajstić information content (AvgIpc) is 2.34. The van der Waals surface area contributed by atoms with Gasteiger partial charge in [-0.25, -0.2) is 0 Å². The van der Waals surface area contributed by atoms with Crippen molar-refractivity contribution < 1.29 is 9.52 Å². The highest BCUT2D eigenvalue weighted by Gasteiger charge is 2.07. The number of rotatable bonds is 2. The molecule has 1 rings (SSSR count). The van der Waals surface area contributed by atoms with Crippen molar-refractivity contribution in [2.24, 2.45) is 5.73 Å². The topological polar surface area (TPSA) is 59.4 Å². The number of hydrogen-bond acceptors (Lipinski definition) is 3. The molecule has 1 atom stereocenters. The quantitative estimate of drug-likeness (QED) is 0.769. The molecular formula is C6H8INO2. The lowest BCUT2D eigenvalue weighted by atomic mass is 10.2. The highest BCUT2D eigenvalue weighted by molar-refractivity contribution is 14.1. The van der Waals surface area contributed by atoms with Crippen LogP contribution in [0, 0.1) is 3.77 Å². The van der Waals surface area contributed by atoms with E-state index < -0.39 is 0 Å². The van der Waals surface area contributed by atoms with E-state index in [0.29, 0.717) is 5.76 Å². The van der Waals surface area contributed by atoms with Crippen LogP contribution in [0.1, 0.15) is 11.8 Å². The molecule has 4 heteroatoms. The van der Waals surface area contributed by atoms with Crippen LogP contribution in [-0.2, 0) is 0 Å². The Labute approximate surface area is 72.4 Å². The maximum Gasteiger partial charge on any atom is 0.164 e. The van der Waals surface area contributed by atoms with Crippen molar-refractivity contribution in [3.63, 3.8) is 0 Å². The second kappa shape index (κ2) is 3.36. The van der Waals surface area contributed by atoms with Crippen LogP contribution in [0.3, 0.4) is 0 Å². The molecule has 1 aromatic rings. The fraction of sp³-hybridized carbons (Fsp3) is 0.333. The molecular weight excluding hydrogens is 245 g/mol. The predicted octanol–water partition coefficient (Wildman–Crippen LogP) is 0.876. The van der Waals surface area contributed by atoms with E-state index in [0.717, 1.165) is 3.77 Å². The van der Waals surface area contributed by atoms with Crippen LogP contribution in [-0.4, -0.2) is 11.7 Å². The molecule has 3 N–H and O–H groups in total. The molecule has 0 aliphatic heterocycles. The van der Waals surface area contributed by atoms with Crippen molar-refractivity contribution in [1.29, 1.82) is 0 Å². The van der Waals surface area contributed by atoms with Crippen molar-refractivity contribution in [3.05, 3.63) is 21.7 Å². The molecule has 0 radical (unpaired) electrons. The van der Waals surface area contributed by atoms with Crippen molar-refractivity contribution in [3.8, 4) is 0 Å². The van der Waals surface area contributed by atoms with Crippen molar-refractivity contribution in [2.75, 3.05) is 6.61 Å². The number of aliphatic hydroxyl groups is 1. The van der Waals surface area contributed by atoms with Crippen LogP contribution in [0.25, 0.3) is 0 Å². The van der Waals surface area contributed by atoms with Crippen LogP contribution >= 0.6 is 22.6 Å². The summed E-state index contributed by atoms with van der Waals surface area (Å²) >= 11 is 2.05. The molecule has 0 fully saturated rings. The first-order valence-electron chi connectivity index (χ1n) is 2.85. The molecule has 10 heavy (non-hydrogen) atoms. The normalized spacial score (nSPS) is 13.5. The molecule has 0 saturated carbocycles. The van der Waals surface area contributed by atoms with Gasteiger partial charge in [-0.05, 0) is 34.7 Å². The highest BCUT2D eigenvalue weighted by Crippen LogP contribution is 2.15. The first kappa shape index (κ1) is 8.03. The van der Waals surface area contributed by atoms with E-state index in [-0.39, 0.29) is 12.6 Å². The van der Waals surface area contributed by atoms with E-state index in [2.05, 4.69) is 0 Å². The van der Waals surface area contributed by atoms with E-state index in [1.165, 1.54) is 0 Å². The third kappa shape index (κ3) is 1.71. The average molecular weight is 253 g/mol. The maximum absolute atomic E-state index is 8.61. The Bertz CT molecular complexity index is 211. The van der Waals surface area contributed by atoms with Gasteiger partial charge in [-0.15, -0.1) is 0 Å². The summed E-state index contributed by atoms with van der Waals surface area (Å²) in [6.45, 7) is -0.0798. The second-order valence-electron chi connectivity index (χ2n) is 1.93. The van der Waals surface area contributed by atoms with Gasteiger partial charge in [0.1, 0.15) is 5.76 Å². The standard InChI is InChI=1S/C6H8INO2/c7-6-2-1-5(10-6)4(8)3-9/h1-2,4,9H,3,8H2/t4-/m1/s1. The summed E-state index contributed by atoms with van der Waals surface area (Å²) < 4.78 is 5.93. The number of furan rings is 1. The van der Waals surface area contributed by atoms with Crippen LogP contribution in [0.4, 0.5) is 0 Å². The Morgan fingerprint density at radius 2 is 2.40 bits per heavy atom. The molecule has 0 aromatic carbocycles. The summed E-state index contributed by atoms with van der Waals surface area (Å²) in [4.78, 5) is 0. The molecule has 0 aliphatic carbocycles. The van der Waals surface area contributed by atoms with Gasteiger partial charge in [0.05, 0.1) is 12.6 Å². The maximum atomic E-state index is 8.61. The molecule has 1 heterocycles. The van der Waals surface area contributed by atoms with E-state index in [1.54, 1.807) is 6.07 Å². The summed E-state index contributed by atoms with van der Waals surface area (Å²) in [6, 6.07) is 3.19. The lowest BCUT2D eigenvalue weighted by molar-refractivity contribution is 0.250. The zero-order valence-electron chi connectivity index (χ0n) is 5.25. The van der Waals surface area contributed by atoms with Gasteiger partial charge in [0.15, 0.2) is 3.77 Å². The zero-order chi connectivity index (χ0) is 7.56. The highest BCUT2D eigenvalue weighted by atomic mass is 127. The zero-order valence-corrected chi connectivity index (χ0v) is 7.41. The van der Waals surface area contributed by atoms with E-state index >= 15 is 0 Å². The van der Waals surface area contributed by atoms with Gasteiger partial charge in [-0.1, -0.05) is 0 Å². The summed E-state index contributed by atoms with van der Waals surface area (Å²) in [6.07, 6.45) is 0. The fourth-order valence-electron chi connectivity index (χ4n) is 0.618. The number of halogens is 1. The first-order valence-corrected chi connectivity index (χ1v) is 3.93. The third-order valence-corrected chi connectivity index (χ3v) is 1.74. The molecule has 3 nitrogen and oxygen atoms in total. The minimum Gasteiger partial charge on any atom is -0.454 e. The lowest BCUT2D eigenvalue weighted by Gasteiger charge is -2.01. The third-order valence-electron chi connectivity index (χ3n) is 1.16. The molecule has 0 amide bonds. The van der Waals surface area contributed by atoms with Gasteiger partial charge >= 0.3 is 0 Å². The van der Waals surface area contributed by atoms with Gasteiger partial charge in [0.2, 0.25) is 0 Å². The van der Waals surface area contributed by atoms with Crippen molar-refractivity contribution >= 4 is 22.6 Å². The van der Waals surface area contributed by atoms with Gasteiger partial charge in [0, 0.05) is 0 Å². The van der Waals surface area contributed by atoms with E-state index in [4.69, 9.17) is 15.3 Å². The van der Waals surface area contributed by atoms with Crippen molar-refractivity contribution in [1.82, 2.24) is 0 Å². The van der Waals surface area contributed by atoms with Crippen LogP contribution in [0.15, 0.2) is 16.5 Å². The van der Waals surface area contributed by atoms with Gasteiger partial charge < -0.3 is 15.3 Å². The van der Waals surface area contributed by atoms with Gasteiger partial charge in [0.25, 0.3) is 0 Å². The fourth-order valence-corrected chi connectivity index (χ4v) is 1.05. The Balaban J connectivity index is 2.74. The Morgan fingerprint density at radius 3 is 2.80 bits per heavy atom. The Kier molecular flexibility index (Phi) is 2.70. The second-order valence-corrected chi connectivity index (χ2v) is 2.99. The monoisotopic (exact) mass is 253 g/mol. The Hall–Kier alpha value is -0.0700. The molecule has 0 spiro atoms. The van der Waals surface area contributed by atoms with E-state index in [9.17, 15) is 0 Å². The summed E-state index contributed by atoms with van der Waals surface area (Å²) in [5.74, 6) is 0.631. The molecule has 0 saturated heterocycles. The first-order chi connectivity index (χ1) is 4.74. The summed E-state index contributed by atoms with van der Waals surface area (Å²) in [5, 5.41) is 8.61. The predicted molar refractivity (Wildman–Crippen MR) is 45.4 cm³/mol. The lowest BCUT2D eigenvalue weighted by Crippen LogP contribution is -2.13. The van der Waals surface area contributed by atoms with Crippen LogP contribution < -0.4 is 5.73 Å². The molecule has 56 valence electrons. The molecule has 0 aliphatic rings. The minimum atomic E-state index is -0.386. The molecule has 0 bridgehead atoms. The van der Waals surface area contributed by atoms with E-state index in [1.807, 2.05) is 28.7 Å². The number of hydrogen-bond donors (Lipinski definition) is 2. The molecule has 1 aromatic heterocycles. The smallest absolute Gasteiger partial charge is 0.164 e. The Morgan fingerprint density at radius 1 is 1.70 bits per heavy atom. The molecule has 0 unspecified atom stereocenters. The largest absolute Gasteiger partial charge is 0.454 e.